The van der Waals surface area contributed by atoms with Gasteiger partial charge in [0, 0.05) is 92.1 Å². The van der Waals surface area contributed by atoms with Gasteiger partial charge < -0.3 is 40.4 Å². The molecular weight excluding hydrogens is 1130 g/mol. The minimum absolute atomic E-state index is 0. The van der Waals surface area contributed by atoms with Crippen molar-refractivity contribution in [2.45, 2.75) is 107 Å². The number of nitrogens with one attached hydrogen (secondary N) is 4. The SMILES string of the molecule is C=CC1=C(C)c2cc3[nH]c(cc4nc(cc5[nH]c(cc1n2)c(C)c5CCC(=O)O)C(CCC(=O)O)=C4C)c(C)c3C=C.C=CC1=C(C)c2cc3[nH]c(cc4nc(cc5[nH]c(cc1n2)c(C)c5CCC(=O)O)C(CCC(=O)O)=C4C)c(C)c3C=C.Cl.Cl. The summed E-state index contributed by atoms with van der Waals surface area (Å²) in [7, 11) is 0. The number of rotatable bonds is 16. The predicted molar refractivity (Wildman–Crippen MR) is 352 cm³/mol. The summed E-state index contributed by atoms with van der Waals surface area (Å²) in [6, 6.07) is 15.8. The molecule has 18 heteroatoms. The van der Waals surface area contributed by atoms with Gasteiger partial charge in [-0.3, -0.25) is 19.2 Å². The Labute approximate surface area is 510 Å². The van der Waals surface area contributed by atoms with Crippen LogP contribution in [0, 0.1) is 27.7 Å². The zero-order chi connectivity index (χ0) is 60.6. The minimum Gasteiger partial charge on any atom is -0.481 e. The highest BCUT2D eigenvalue weighted by molar-refractivity contribution is 6.00. The van der Waals surface area contributed by atoms with Crippen LogP contribution in [-0.2, 0) is 32.0 Å². The van der Waals surface area contributed by atoms with Gasteiger partial charge in [-0.25, -0.2) is 19.9 Å². The molecule has 0 spiro atoms. The molecule has 4 aliphatic heterocycles. The van der Waals surface area contributed by atoms with Gasteiger partial charge in [-0.05, 0) is 196 Å². The van der Waals surface area contributed by atoms with Crippen molar-refractivity contribution in [2.75, 3.05) is 0 Å². The molecule has 0 saturated heterocycles. The number of aryl methyl sites for hydroxylation is 6. The molecule has 0 aromatic carbocycles. The summed E-state index contributed by atoms with van der Waals surface area (Å²) < 4.78 is 0. The number of aromatic amines is 4. The topological polar surface area (TPSA) is 264 Å². The van der Waals surface area contributed by atoms with E-state index in [-0.39, 0.29) is 50.5 Å². The fraction of sp³-hybridized carbons (Fsp3) is 0.235. The lowest BCUT2D eigenvalue weighted by Gasteiger charge is -2.03. The van der Waals surface area contributed by atoms with Gasteiger partial charge in [0.05, 0.1) is 45.6 Å². The first-order chi connectivity index (χ1) is 40.0. The highest BCUT2D eigenvalue weighted by Crippen LogP contribution is 2.39. The van der Waals surface area contributed by atoms with E-state index >= 15 is 0 Å². The van der Waals surface area contributed by atoms with Crippen LogP contribution < -0.4 is 0 Å². The number of H-pyrrole nitrogens is 4. The molecule has 0 amide bonds. The van der Waals surface area contributed by atoms with Crippen LogP contribution in [0.25, 0.3) is 101 Å². The van der Waals surface area contributed by atoms with Crippen molar-refractivity contribution in [3.63, 3.8) is 0 Å². The highest BCUT2D eigenvalue weighted by atomic mass is 35.5. The maximum absolute atomic E-state index is 11.5. The number of aromatic nitrogens is 8. The van der Waals surface area contributed by atoms with Crippen LogP contribution >= 0.6 is 24.8 Å². The molecule has 10 heterocycles. The first-order valence-electron chi connectivity index (χ1n) is 27.7. The van der Waals surface area contributed by atoms with E-state index in [1.54, 1.807) is 12.2 Å². The van der Waals surface area contributed by atoms with E-state index in [1.807, 2.05) is 116 Å². The minimum atomic E-state index is -0.883. The van der Waals surface area contributed by atoms with E-state index in [2.05, 4.69) is 46.3 Å². The number of fused-ring (bicyclic) bond motifs is 16. The maximum atomic E-state index is 11.5. The molecule has 10 rings (SSSR count). The van der Waals surface area contributed by atoms with Crippen molar-refractivity contribution in [2.24, 2.45) is 0 Å². The summed E-state index contributed by atoms with van der Waals surface area (Å²) in [5.41, 5.74) is 27.4. The molecular formula is C68H70Cl2N8O8. The Morgan fingerprint density at radius 3 is 0.953 bits per heavy atom. The molecule has 16 nitrogen and oxygen atoms in total. The summed E-state index contributed by atoms with van der Waals surface area (Å²) in [5, 5.41) is 37.8. The lowest BCUT2D eigenvalue weighted by molar-refractivity contribution is -0.138. The number of halogens is 2. The average Bonchev–Trinajstić information content (AvgIpc) is 1.78. The first kappa shape index (κ1) is 64.2. The maximum Gasteiger partial charge on any atom is 0.303 e. The lowest BCUT2D eigenvalue weighted by Crippen LogP contribution is -1.98. The van der Waals surface area contributed by atoms with Crippen LogP contribution in [0.5, 0.6) is 0 Å². The molecule has 16 bridgehead atoms. The van der Waals surface area contributed by atoms with Gasteiger partial charge in [0.2, 0.25) is 0 Å². The number of carboxylic acids is 4. The van der Waals surface area contributed by atoms with Gasteiger partial charge in [0.1, 0.15) is 0 Å². The molecule has 6 aromatic rings. The second kappa shape index (κ2) is 26.3. The van der Waals surface area contributed by atoms with Crippen LogP contribution in [0.1, 0.15) is 156 Å². The number of aliphatic carboxylic acids is 4. The van der Waals surface area contributed by atoms with Crippen molar-refractivity contribution in [3.05, 3.63) is 177 Å². The van der Waals surface area contributed by atoms with Crippen LogP contribution in [0.15, 0.2) is 87.0 Å². The number of hydrogen-bond acceptors (Lipinski definition) is 8. The summed E-state index contributed by atoms with van der Waals surface area (Å²) in [5.74, 6) is -3.53. The van der Waals surface area contributed by atoms with Crippen molar-refractivity contribution >= 4 is 150 Å². The number of carbonyl (C=O) groups is 4. The summed E-state index contributed by atoms with van der Waals surface area (Å²) in [6.07, 6.45) is 8.44. The number of carboxylic acid groups (broad SMARTS) is 4. The third-order valence-corrected chi connectivity index (χ3v) is 16.4. The Morgan fingerprint density at radius 1 is 0.360 bits per heavy atom. The van der Waals surface area contributed by atoms with E-state index < -0.39 is 23.9 Å². The van der Waals surface area contributed by atoms with E-state index in [0.29, 0.717) is 37.1 Å². The molecule has 0 radical (unpaired) electrons. The zero-order valence-corrected chi connectivity index (χ0v) is 51.1. The van der Waals surface area contributed by atoms with Crippen molar-refractivity contribution in [1.29, 1.82) is 0 Å². The quantitative estimate of drug-likeness (QED) is 0.0450. The molecule has 0 unspecified atom stereocenters. The molecule has 0 fully saturated rings. The third-order valence-electron chi connectivity index (χ3n) is 16.4. The summed E-state index contributed by atoms with van der Waals surface area (Å²) in [6.45, 7) is 32.1. The fourth-order valence-electron chi connectivity index (χ4n) is 11.5. The lowest BCUT2D eigenvalue weighted by atomic mass is 10.0. The predicted octanol–water partition coefficient (Wildman–Crippen LogP) is 15.9. The van der Waals surface area contributed by atoms with E-state index in [9.17, 15) is 39.6 Å². The zero-order valence-electron chi connectivity index (χ0n) is 49.4. The normalized spacial score (nSPS) is 12.7. The van der Waals surface area contributed by atoms with Gasteiger partial charge in [0.25, 0.3) is 0 Å². The van der Waals surface area contributed by atoms with Gasteiger partial charge in [-0.15, -0.1) is 24.8 Å². The molecule has 8 N–H and O–H groups in total. The number of nitrogens with zero attached hydrogens (tertiary/aromatic N) is 4. The van der Waals surface area contributed by atoms with E-state index in [0.717, 1.165) is 167 Å². The molecule has 4 aliphatic rings. The second-order valence-electron chi connectivity index (χ2n) is 21.5. The monoisotopic (exact) mass is 1200 g/mol. The van der Waals surface area contributed by atoms with Gasteiger partial charge >= 0.3 is 23.9 Å². The fourth-order valence-corrected chi connectivity index (χ4v) is 11.5. The molecule has 0 aliphatic carbocycles. The Morgan fingerprint density at radius 2 is 0.628 bits per heavy atom. The molecule has 0 atom stereocenters. The van der Waals surface area contributed by atoms with Crippen molar-refractivity contribution < 1.29 is 39.6 Å². The van der Waals surface area contributed by atoms with Crippen LogP contribution in [0.3, 0.4) is 0 Å². The Bertz CT molecular complexity index is 4130. The van der Waals surface area contributed by atoms with Crippen molar-refractivity contribution in [3.8, 4) is 0 Å². The standard InChI is InChI=1S/2C34H34N4O4.2ClH/c2*1-7-21-17(3)25-13-26-19(5)23(9-11-33(39)40)31(37-26)16-32-24(10-12-34(41)42)20(6)28(38-32)15-30-22(8-2)18(4)27(36-30)14-29(21)35-25;;/h2*7-8,13-16,35,38H,1-2,9-12H2,3-6H3,(H,39,40)(H,41,42);2*1H. The number of allylic oxidation sites excluding steroid dienone is 10. The largest absolute Gasteiger partial charge is 0.481 e. The van der Waals surface area contributed by atoms with Crippen LogP contribution in [0.4, 0.5) is 0 Å². The van der Waals surface area contributed by atoms with Crippen LogP contribution in [0.2, 0.25) is 0 Å². The van der Waals surface area contributed by atoms with E-state index in [1.165, 1.54) is 0 Å². The van der Waals surface area contributed by atoms with Gasteiger partial charge in [-0.1, -0.05) is 50.6 Å². The summed E-state index contributed by atoms with van der Waals surface area (Å²) in [4.78, 5) is 80.0. The molecule has 444 valence electrons. The highest BCUT2D eigenvalue weighted by Gasteiger charge is 2.24. The Hall–Kier alpha value is -9.38. The van der Waals surface area contributed by atoms with Gasteiger partial charge in [-0.2, -0.15) is 0 Å². The Balaban J connectivity index is 0.000000240. The second-order valence-corrected chi connectivity index (χ2v) is 21.5. The molecule has 6 aromatic heterocycles. The molecule has 86 heavy (non-hydrogen) atoms. The molecule has 0 saturated carbocycles. The average molecular weight is 1200 g/mol. The van der Waals surface area contributed by atoms with Gasteiger partial charge in [0.15, 0.2) is 0 Å². The first-order valence-corrected chi connectivity index (χ1v) is 27.7. The third kappa shape index (κ3) is 12.7. The van der Waals surface area contributed by atoms with Crippen molar-refractivity contribution in [1.82, 2.24) is 39.9 Å². The van der Waals surface area contributed by atoms with E-state index in [4.69, 9.17) is 19.9 Å². The Kier molecular flexibility index (Phi) is 19.6. The van der Waals surface area contributed by atoms with Crippen LogP contribution in [-0.4, -0.2) is 84.2 Å². The smallest absolute Gasteiger partial charge is 0.303 e. The summed E-state index contributed by atoms with van der Waals surface area (Å²) >= 11 is 0. The number of hydrogen-bond donors (Lipinski definition) is 8.